The minimum Gasteiger partial charge on any atom is -0.396 e. The predicted molar refractivity (Wildman–Crippen MR) is 72.3 cm³/mol. The summed E-state index contributed by atoms with van der Waals surface area (Å²) in [5.74, 6) is -0.0287. The van der Waals surface area contributed by atoms with Crippen LogP contribution in [0.3, 0.4) is 0 Å². The number of likely N-dealkylation sites (N-methyl/N-ethyl adjacent to an activating group) is 1. The zero-order valence-corrected chi connectivity index (χ0v) is 11.3. The Balaban J connectivity index is 2.79. The number of carbonyl (C=O) groups is 1. The maximum Gasteiger partial charge on any atom is 0.241 e. The lowest BCUT2D eigenvalue weighted by Gasteiger charge is -2.24. The van der Waals surface area contributed by atoms with Crippen LogP contribution in [-0.4, -0.2) is 43.2 Å². The molecule has 0 heterocycles. The largest absolute Gasteiger partial charge is 0.396 e. The van der Waals surface area contributed by atoms with Gasteiger partial charge in [-0.2, -0.15) is 0 Å². The zero-order valence-electron chi connectivity index (χ0n) is 11.3. The van der Waals surface area contributed by atoms with Gasteiger partial charge in [0.15, 0.2) is 0 Å². The summed E-state index contributed by atoms with van der Waals surface area (Å²) in [5, 5.41) is 11.6. The molecular formula is C14H22N2O2. The molecule has 0 saturated carbocycles. The van der Waals surface area contributed by atoms with Gasteiger partial charge < -0.3 is 10.4 Å². The summed E-state index contributed by atoms with van der Waals surface area (Å²) in [5.41, 5.74) is 2.13. The van der Waals surface area contributed by atoms with Crippen LogP contribution in [0, 0.1) is 6.92 Å². The summed E-state index contributed by atoms with van der Waals surface area (Å²) in [6.07, 6.45) is 0.583. The van der Waals surface area contributed by atoms with E-state index in [4.69, 9.17) is 5.11 Å². The average Bonchev–Trinajstić information content (AvgIpc) is 2.29. The van der Waals surface area contributed by atoms with Crippen LogP contribution in [0.1, 0.15) is 23.6 Å². The highest BCUT2D eigenvalue weighted by molar-refractivity contribution is 5.83. The van der Waals surface area contributed by atoms with Crippen molar-refractivity contribution in [3.63, 3.8) is 0 Å². The number of hydrogen-bond donors (Lipinski definition) is 2. The van der Waals surface area contributed by atoms with Crippen LogP contribution < -0.4 is 5.32 Å². The fraction of sp³-hybridized carbons (Fsp3) is 0.500. The minimum absolute atomic E-state index is 0.0287. The number of nitrogens with one attached hydrogen (secondary N) is 1. The molecule has 1 unspecified atom stereocenters. The molecule has 0 bridgehead atoms. The van der Waals surface area contributed by atoms with E-state index in [0.717, 1.165) is 11.1 Å². The molecule has 1 amide bonds. The molecule has 18 heavy (non-hydrogen) atoms. The molecular weight excluding hydrogens is 228 g/mol. The summed E-state index contributed by atoms with van der Waals surface area (Å²) in [6.45, 7) is 2.61. The molecule has 0 aromatic heterocycles. The first-order chi connectivity index (χ1) is 8.56. The molecule has 1 rings (SSSR count). The van der Waals surface area contributed by atoms with Crippen molar-refractivity contribution in [2.24, 2.45) is 0 Å². The molecule has 1 aromatic rings. The van der Waals surface area contributed by atoms with Gasteiger partial charge in [-0.15, -0.1) is 0 Å². The fourth-order valence-corrected chi connectivity index (χ4v) is 1.91. The van der Waals surface area contributed by atoms with Crippen molar-refractivity contribution in [3.05, 3.63) is 35.4 Å². The second-order valence-corrected chi connectivity index (χ2v) is 4.65. The van der Waals surface area contributed by atoms with Gasteiger partial charge in [-0.1, -0.05) is 29.8 Å². The Morgan fingerprint density at radius 2 is 2.17 bits per heavy atom. The molecule has 100 valence electrons. The van der Waals surface area contributed by atoms with E-state index >= 15 is 0 Å². The Hall–Kier alpha value is -1.39. The summed E-state index contributed by atoms with van der Waals surface area (Å²) >= 11 is 0. The van der Waals surface area contributed by atoms with E-state index in [1.807, 2.05) is 50.2 Å². The van der Waals surface area contributed by atoms with Gasteiger partial charge in [0, 0.05) is 13.2 Å². The number of aliphatic hydroxyl groups is 1. The van der Waals surface area contributed by atoms with Crippen molar-refractivity contribution in [3.8, 4) is 0 Å². The Labute approximate surface area is 109 Å². The lowest BCUT2D eigenvalue weighted by atomic mass is 10.0. The van der Waals surface area contributed by atoms with Crippen LogP contribution in [0.4, 0.5) is 0 Å². The second kappa shape index (κ2) is 7.13. The van der Waals surface area contributed by atoms with E-state index in [-0.39, 0.29) is 18.6 Å². The molecule has 0 aliphatic carbocycles. The first kappa shape index (κ1) is 14.7. The van der Waals surface area contributed by atoms with Gasteiger partial charge in [0.05, 0.1) is 0 Å². The van der Waals surface area contributed by atoms with E-state index in [9.17, 15) is 4.79 Å². The van der Waals surface area contributed by atoms with Crippen molar-refractivity contribution in [2.45, 2.75) is 19.4 Å². The molecule has 2 N–H and O–H groups in total. The molecule has 0 aliphatic heterocycles. The third kappa shape index (κ3) is 4.13. The number of benzene rings is 1. The monoisotopic (exact) mass is 250 g/mol. The number of hydrogen-bond acceptors (Lipinski definition) is 3. The first-order valence-electron chi connectivity index (χ1n) is 6.18. The number of amides is 1. The number of nitrogens with zero attached hydrogens (tertiary/aromatic N) is 1. The zero-order chi connectivity index (χ0) is 13.5. The van der Waals surface area contributed by atoms with Gasteiger partial charge in [-0.25, -0.2) is 0 Å². The number of aryl methyl sites for hydroxylation is 1. The molecule has 4 nitrogen and oxygen atoms in total. The van der Waals surface area contributed by atoms with Gasteiger partial charge in [-0.05, 0) is 33.0 Å². The van der Waals surface area contributed by atoms with E-state index in [0.29, 0.717) is 13.0 Å². The molecule has 0 aliphatic rings. The number of aliphatic hydroxyl groups excluding tert-OH is 1. The average molecular weight is 250 g/mol. The fourth-order valence-electron chi connectivity index (χ4n) is 1.91. The Morgan fingerprint density at radius 3 is 2.72 bits per heavy atom. The Kier molecular flexibility index (Phi) is 5.82. The van der Waals surface area contributed by atoms with Crippen LogP contribution >= 0.6 is 0 Å². The van der Waals surface area contributed by atoms with Crippen LogP contribution in [-0.2, 0) is 4.79 Å². The molecule has 1 atom stereocenters. The lowest BCUT2D eigenvalue weighted by Crippen LogP contribution is -2.37. The van der Waals surface area contributed by atoms with E-state index in [1.165, 1.54) is 0 Å². The number of rotatable bonds is 6. The van der Waals surface area contributed by atoms with Crippen LogP contribution in [0.5, 0.6) is 0 Å². The molecule has 0 fully saturated rings. The third-order valence-electron chi connectivity index (χ3n) is 2.76. The van der Waals surface area contributed by atoms with Gasteiger partial charge in [-0.3, -0.25) is 9.69 Å². The van der Waals surface area contributed by atoms with E-state index < -0.39 is 0 Å². The summed E-state index contributed by atoms with van der Waals surface area (Å²) in [4.78, 5) is 14.0. The Morgan fingerprint density at radius 1 is 1.44 bits per heavy atom. The van der Waals surface area contributed by atoms with Crippen molar-refractivity contribution in [1.82, 2.24) is 10.2 Å². The molecule has 1 aromatic carbocycles. The Bertz CT molecular complexity index is 391. The van der Waals surface area contributed by atoms with E-state index in [2.05, 4.69) is 5.32 Å². The SMILES string of the molecule is Cc1cccc(C(C(=O)NCCCO)N(C)C)c1. The maximum absolute atomic E-state index is 12.1. The normalized spacial score (nSPS) is 12.5. The first-order valence-corrected chi connectivity index (χ1v) is 6.18. The molecule has 0 saturated heterocycles. The highest BCUT2D eigenvalue weighted by Gasteiger charge is 2.22. The predicted octanol–water partition coefficient (Wildman–Crippen LogP) is 1.10. The second-order valence-electron chi connectivity index (χ2n) is 4.65. The molecule has 4 heteroatoms. The summed E-state index contributed by atoms with van der Waals surface area (Å²) in [6, 6.07) is 7.67. The van der Waals surface area contributed by atoms with Gasteiger partial charge in [0.2, 0.25) is 5.91 Å². The van der Waals surface area contributed by atoms with Gasteiger partial charge in [0.25, 0.3) is 0 Å². The van der Waals surface area contributed by atoms with Crippen LogP contribution in [0.25, 0.3) is 0 Å². The van der Waals surface area contributed by atoms with Crippen LogP contribution in [0.2, 0.25) is 0 Å². The topological polar surface area (TPSA) is 52.6 Å². The smallest absolute Gasteiger partial charge is 0.241 e. The highest BCUT2D eigenvalue weighted by atomic mass is 16.3. The summed E-state index contributed by atoms with van der Waals surface area (Å²) < 4.78 is 0. The molecule has 0 spiro atoms. The van der Waals surface area contributed by atoms with Crippen molar-refractivity contribution in [1.29, 1.82) is 0 Å². The minimum atomic E-state index is -0.288. The van der Waals surface area contributed by atoms with E-state index in [1.54, 1.807) is 0 Å². The maximum atomic E-state index is 12.1. The molecule has 0 radical (unpaired) electrons. The lowest BCUT2D eigenvalue weighted by molar-refractivity contribution is -0.125. The van der Waals surface area contributed by atoms with Crippen molar-refractivity contribution >= 4 is 5.91 Å². The number of carbonyl (C=O) groups excluding carboxylic acids is 1. The standard InChI is InChI=1S/C14H22N2O2/c1-11-6-4-7-12(10-11)13(16(2)3)14(18)15-8-5-9-17/h4,6-7,10,13,17H,5,8-9H2,1-3H3,(H,15,18). The third-order valence-corrected chi connectivity index (χ3v) is 2.76. The van der Waals surface area contributed by atoms with Crippen molar-refractivity contribution in [2.75, 3.05) is 27.2 Å². The van der Waals surface area contributed by atoms with Gasteiger partial charge >= 0.3 is 0 Å². The highest BCUT2D eigenvalue weighted by Crippen LogP contribution is 2.19. The van der Waals surface area contributed by atoms with Crippen LogP contribution in [0.15, 0.2) is 24.3 Å². The quantitative estimate of drug-likeness (QED) is 0.743. The van der Waals surface area contributed by atoms with Gasteiger partial charge in [0.1, 0.15) is 6.04 Å². The van der Waals surface area contributed by atoms with Crippen molar-refractivity contribution < 1.29 is 9.90 Å². The summed E-state index contributed by atoms with van der Waals surface area (Å²) in [7, 11) is 3.78.